The molecule has 0 aliphatic carbocycles. The number of ether oxygens (including phenoxy) is 1. The summed E-state index contributed by atoms with van der Waals surface area (Å²) in [7, 11) is 3.11. The number of amides is 1. The Morgan fingerprint density at radius 2 is 2.12 bits per heavy atom. The number of hydrogen-bond donors (Lipinski definition) is 2. The van der Waals surface area contributed by atoms with E-state index in [0.717, 1.165) is 0 Å². The van der Waals surface area contributed by atoms with Crippen LogP contribution in [0.15, 0.2) is 18.2 Å². The van der Waals surface area contributed by atoms with Gasteiger partial charge in [0, 0.05) is 23.9 Å². The molecule has 0 aliphatic rings. The van der Waals surface area contributed by atoms with Gasteiger partial charge < -0.3 is 20.0 Å². The van der Waals surface area contributed by atoms with Gasteiger partial charge in [0.2, 0.25) is 5.91 Å². The molecule has 0 unspecified atom stereocenters. The normalized spacial score (nSPS) is 10.1. The molecule has 2 N–H and O–H groups in total. The van der Waals surface area contributed by atoms with E-state index in [4.69, 9.17) is 4.74 Å². The van der Waals surface area contributed by atoms with E-state index < -0.39 is 17.0 Å². The molecule has 1 aromatic carbocycles. The van der Waals surface area contributed by atoms with Crippen LogP contribution in [0.5, 0.6) is 5.75 Å². The average Bonchev–Trinajstić information content (AvgIpc) is 2.55. The molecule has 11 heteroatoms. The first-order valence-corrected chi connectivity index (χ1v) is 9.89. The van der Waals surface area contributed by atoms with Gasteiger partial charge in [-0.2, -0.15) is 0 Å². The van der Waals surface area contributed by atoms with Gasteiger partial charge in [-0.1, -0.05) is 21.6 Å². The summed E-state index contributed by atoms with van der Waals surface area (Å²) in [6, 6.07) is 4.04. The number of carbonyl (C=O) groups is 2. The Labute approximate surface area is 151 Å². The van der Waals surface area contributed by atoms with Gasteiger partial charge in [0.15, 0.2) is 0 Å². The number of aromatic hydroxyl groups is 1. The van der Waals surface area contributed by atoms with Crippen molar-refractivity contribution in [2.24, 2.45) is 0 Å². The maximum Gasteiger partial charge on any atom is 0.341 e. The molecule has 0 spiro atoms. The summed E-state index contributed by atoms with van der Waals surface area (Å²) in [5.74, 6) is -0.705. The number of hydrogen-bond acceptors (Lipinski definition) is 9. The topological polar surface area (TPSA) is 128 Å². The Hall–Kier alpha value is -2.14. The smallest absolute Gasteiger partial charge is 0.341 e. The van der Waals surface area contributed by atoms with Crippen LogP contribution in [0, 0.1) is 10.1 Å². The third kappa shape index (κ3) is 8.49. The molecule has 138 valence electrons. The number of esters is 1. The fourth-order valence-corrected chi connectivity index (χ4v) is 2.73. The molecule has 25 heavy (non-hydrogen) atoms. The molecule has 0 aliphatic heterocycles. The number of anilines is 1. The summed E-state index contributed by atoms with van der Waals surface area (Å²) in [6.45, 7) is 0.0553. The predicted octanol–water partition coefficient (Wildman–Crippen LogP) is 2.49. The van der Waals surface area contributed by atoms with Crippen molar-refractivity contribution in [3.8, 4) is 5.75 Å². The van der Waals surface area contributed by atoms with E-state index in [1.165, 1.54) is 18.2 Å². The van der Waals surface area contributed by atoms with Crippen molar-refractivity contribution in [3.63, 3.8) is 0 Å². The van der Waals surface area contributed by atoms with Crippen molar-refractivity contribution in [1.29, 1.82) is 0 Å². The van der Waals surface area contributed by atoms with E-state index in [-0.39, 0.29) is 37.4 Å². The highest BCUT2D eigenvalue weighted by molar-refractivity contribution is 8.76. The molecule has 0 saturated carbocycles. The molecule has 0 aromatic heterocycles. The van der Waals surface area contributed by atoms with Crippen molar-refractivity contribution in [1.82, 2.24) is 0 Å². The molecule has 0 fully saturated rings. The second kappa shape index (κ2) is 11.4. The van der Waals surface area contributed by atoms with Crippen molar-refractivity contribution in [2.75, 3.05) is 30.5 Å². The summed E-state index contributed by atoms with van der Waals surface area (Å²) < 4.78 is 5.03. The van der Waals surface area contributed by atoms with Crippen LogP contribution in [-0.2, 0) is 14.4 Å². The number of benzene rings is 1. The average molecular weight is 390 g/mol. The summed E-state index contributed by atoms with van der Waals surface area (Å²) >= 11 is 0. The first-order valence-electron chi connectivity index (χ1n) is 7.17. The van der Waals surface area contributed by atoms with Crippen LogP contribution >= 0.6 is 21.6 Å². The number of phenols is 1. The molecule has 9 nitrogen and oxygen atoms in total. The molecule has 0 bridgehead atoms. The lowest BCUT2D eigenvalue weighted by Crippen LogP contribution is -2.13. The third-order valence-electron chi connectivity index (χ3n) is 2.76. The lowest BCUT2D eigenvalue weighted by atomic mass is 10.1. The van der Waals surface area contributed by atoms with Crippen LogP contribution in [0.1, 0.15) is 23.2 Å². The number of nitrogens with one attached hydrogen (secondary N) is 1. The van der Waals surface area contributed by atoms with E-state index in [1.54, 1.807) is 21.6 Å². The number of nitrogens with zero attached hydrogens (tertiary/aromatic N) is 1. The van der Waals surface area contributed by atoms with Gasteiger partial charge in [-0.15, -0.1) is 10.1 Å². The van der Waals surface area contributed by atoms with Crippen LogP contribution in [0.2, 0.25) is 0 Å². The number of rotatable bonds is 11. The minimum Gasteiger partial charge on any atom is -0.507 e. The van der Waals surface area contributed by atoms with Crippen molar-refractivity contribution in [3.05, 3.63) is 33.9 Å². The fourth-order valence-electron chi connectivity index (χ4n) is 1.71. The molecular weight excluding hydrogens is 372 g/mol. The van der Waals surface area contributed by atoms with Crippen LogP contribution < -0.4 is 5.32 Å². The Morgan fingerprint density at radius 3 is 2.76 bits per heavy atom. The van der Waals surface area contributed by atoms with E-state index in [0.29, 0.717) is 11.4 Å². The van der Waals surface area contributed by atoms with E-state index in [2.05, 4.69) is 10.2 Å². The quantitative estimate of drug-likeness (QED) is 0.192. The highest BCUT2D eigenvalue weighted by atomic mass is 33.1. The van der Waals surface area contributed by atoms with Crippen LogP contribution in [0.25, 0.3) is 0 Å². The van der Waals surface area contributed by atoms with Crippen molar-refractivity contribution >= 4 is 39.2 Å². The minimum absolute atomic E-state index is 0.00605. The maximum absolute atomic E-state index is 11.8. The summed E-state index contributed by atoms with van der Waals surface area (Å²) in [6.07, 6.45) is 2.11. The van der Waals surface area contributed by atoms with Gasteiger partial charge in [-0.3, -0.25) is 4.79 Å². The van der Waals surface area contributed by atoms with Gasteiger partial charge in [0.05, 0.1) is 6.61 Å². The molecule has 1 aromatic rings. The van der Waals surface area contributed by atoms with Crippen LogP contribution in [0.3, 0.4) is 0 Å². The Bertz CT molecular complexity index is 613. The zero-order valence-corrected chi connectivity index (χ0v) is 15.1. The molecule has 1 rings (SSSR count). The zero-order valence-electron chi connectivity index (χ0n) is 13.4. The fraction of sp³-hybridized carbons (Fsp3) is 0.429. The van der Waals surface area contributed by atoms with E-state index >= 15 is 0 Å². The summed E-state index contributed by atoms with van der Waals surface area (Å²) in [4.78, 5) is 37.6. The molecule has 0 saturated heterocycles. The second-order valence-electron chi connectivity index (χ2n) is 4.57. The molecule has 0 atom stereocenters. The van der Waals surface area contributed by atoms with Gasteiger partial charge in [-0.05, 0) is 24.8 Å². The van der Waals surface area contributed by atoms with E-state index in [1.807, 2.05) is 6.26 Å². The van der Waals surface area contributed by atoms with Gasteiger partial charge in [0.25, 0.3) is 5.09 Å². The maximum atomic E-state index is 11.8. The van der Waals surface area contributed by atoms with Crippen molar-refractivity contribution < 1.29 is 29.4 Å². The van der Waals surface area contributed by atoms with Crippen molar-refractivity contribution in [2.45, 2.75) is 12.8 Å². The van der Waals surface area contributed by atoms with Gasteiger partial charge in [0.1, 0.15) is 17.9 Å². The van der Waals surface area contributed by atoms with Crippen LogP contribution in [-0.4, -0.2) is 47.3 Å². The Kier molecular flexibility index (Phi) is 9.55. The first-order chi connectivity index (χ1) is 11.9. The number of carbonyl (C=O) groups excluding carboxylic acids is 2. The first kappa shape index (κ1) is 20.9. The minimum atomic E-state index is -0.923. The predicted molar refractivity (Wildman–Crippen MR) is 95.2 cm³/mol. The summed E-state index contributed by atoms with van der Waals surface area (Å²) in [5.41, 5.74) is 0.304. The second-order valence-corrected chi connectivity index (χ2v) is 7.25. The SMILES string of the molecule is CSSCCOC(=O)c1ccc(NC(=O)CCCO[N+](=O)[O-])cc1O. The standard InChI is InChI=1S/C14H18N2O7S2/c1-24-25-8-7-22-14(19)11-5-4-10(9-12(11)17)15-13(18)3-2-6-23-16(20)21/h4-5,9,17H,2-3,6-8H2,1H3,(H,15,18). The van der Waals surface area contributed by atoms with Gasteiger partial charge in [-0.25, -0.2) is 4.79 Å². The van der Waals surface area contributed by atoms with Crippen LogP contribution in [0.4, 0.5) is 5.69 Å². The molecule has 0 heterocycles. The largest absolute Gasteiger partial charge is 0.507 e. The van der Waals surface area contributed by atoms with E-state index in [9.17, 15) is 24.8 Å². The molecule has 0 radical (unpaired) electrons. The third-order valence-corrected chi connectivity index (χ3v) is 4.54. The number of phenolic OH excluding ortho intramolecular Hbond substituents is 1. The highest BCUT2D eigenvalue weighted by Gasteiger charge is 2.14. The lowest BCUT2D eigenvalue weighted by Gasteiger charge is -2.09. The van der Waals surface area contributed by atoms with Gasteiger partial charge >= 0.3 is 5.97 Å². The highest BCUT2D eigenvalue weighted by Crippen LogP contribution is 2.23. The summed E-state index contributed by atoms with van der Waals surface area (Å²) in [5, 5.41) is 21.5. The lowest BCUT2D eigenvalue weighted by molar-refractivity contribution is -0.757. The molecule has 1 amide bonds. The monoisotopic (exact) mass is 390 g/mol. The molecular formula is C14H18N2O7S2. The zero-order chi connectivity index (χ0) is 18.7. The Balaban J connectivity index is 2.47. The Morgan fingerprint density at radius 1 is 1.36 bits per heavy atom.